The first-order chi connectivity index (χ1) is 20.7. The molecule has 0 bridgehead atoms. The monoisotopic (exact) mass is 579 g/mol. The minimum Gasteiger partial charge on any atom is -0.487 e. The highest BCUT2D eigenvalue weighted by Crippen LogP contribution is 2.39. The van der Waals surface area contributed by atoms with Crippen molar-refractivity contribution in [1.82, 2.24) is 24.4 Å². The van der Waals surface area contributed by atoms with Gasteiger partial charge < -0.3 is 10.5 Å². The smallest absolute Gasteiger partial charge is 0.279 e. The second-order valence-electron chi connectivity index (χ2n) is 9.32. The molecule has 1 atom stereocenters. The van der Waals surface area contributed by atoms with Gasteiger partial charge in [-0.1, -0.05) is 23.4 Å². The van der Waals surface area contributed by atoms with Crippen molar-refractivity contribution in [1.29, 1.82) is 5.26 Å². The molecule has 212 valence electrons. The molecule has 0 saturated carbocycles. The third-order valence-corrected chi connectivity index (χ3v) is 6.87. The lowest BCUT2D eigenvalue weighted by molar-refractivity contribution is -0.385. The SMILES string of the molecule is N#CC1=C(N)n2c(=O)c3ccccc3c(=O)n2C1c1cc([N+](=O)[O-])ccc1OCc1cn(-c2cccc([N+](=O)[O-])c2)nn1. The van der Waals surface area contributed by atoms with Crippen LogP contribution in [0.25, 0.3) is 22.3 Å². The summed E-state index contributed by atoms with van der Waals surface area (Å²) in [4.78, 5) is 48.6. The molecule has 43 heavy (non-hydrogen) atoms. The van der Waals surface area contributed by atoms with E-state index >= 15 is 0 Å². The van der Waals surface area contributed by atoms with Crippen molar-refractivity contribution in [2.45, 2.75) is 12.6 Å². The van der Waals surface area contributed by atoms with Gasteiger partial charge >= 0.3 is 0 Å². The van der Waals surface area contributed by atoms with E-state index in [1.807, 2.05) is 6.07 Å². The number of non-ortho nitro benzene ring substituents is 2. The van der Waals surface area contributed by atoms with Crippen molar-refractivity contribution in [3.8, 4) is 17.5 Å². The minimum atomic E-state index is -1.33. The van der Waals surface area contributed by atoms with Crippen LogP contribution in [0.5, 0.6) is 5.75 Å². The number of allylic oxidation sites excluding steroid dienone is 1. The van der Waals surface area contributed by atoms with E-state index in [0.717, 1.165) is 15.4 Å². The molecule has 0 fully saturated rings. The molecule has 3 heterocycles. The minimum absolute atomic E-state index is 0.0304. The molecule has 3 aromatic carbocycles. The van der Waals surface area contributed by atoms with Crippen LogP contribution in [-0.2, 0) is 6.61 Å². The summed E-state index contributed by atoms with van der Waals surface area (Å²) in [6, 6.07) is 16.1. The Balaban J connectivity index is 1.43. The number of hydrogen-bond donors (Lipinski definition) is 1. The van der Waals surface area contributed by atoms with Crippen molar-refractivity contribution < 1.29 is 14.6 Å². The molecule has 0 aliphatic carbocycles. The number of benzene rings is 3. The van der Waals surface area contributed by atoms with Gasteiger partial charge in [0.2, 0.25) is 0 Å². The number of hydrogen-bond acceptors (Lipinski definition) is 11. The topological polar surface area (TPSA) is 220 Å². The summed E-state index contributed by atoms with van der Waals surface area (Å²) in [6.07, 6.45) is 1.48. The molecule has 2 aromatic heterocycles. The van der Waals surface area contributed by atoms with Crippen LogP contribution in [0.15, 0.2) is 88.1 Å². The number of fused-ring (bicyclic) bond motifs is 2. The van der Waals surface area contributed by atoms with Gasteiger partial charge in [0.15, 0.2) is 0 Å². The van der Waals surface area contributed by atoms with Gasteiger partial charge in [-0.05, 0) is 24.3 Å². The quantitative estimate of drug-likeness (QED) is 0.218. The lowest BCUT2D eigenvalue weighted by Crippen LogP contribution is -2.38. The van der Waals surface area contributed by atoms with Crippen molar-refractivity contribution in [3.63, 3.8) is 0 Å². The number of nitro benzene ring substituents is 2. The molecule has 5 aromatic rings. The fraction of sp³-hybridized carbons (Fsp3) is 0.0741. The Hall–Kier alpha value is -6.63. The third-order valence-electron chi connectivity index (χ3n) is 6.87. The number of ether oxygens (including phenoxy) is 1. The molecule has 1 aliphatic heterocycles. The van der Waals surface area contributed by atoms with E-state index in [9.17, 15) is 35.1 Å². The molecule has 0 saturated heterocycles. The summed E-state index contributed by atoms with van der Waals surface area (Å²) in [5.41, 5.74) is 4.94. The van der Waals surface area contributed by atoms with Crippen molar-refractivity contribution >= 4 is 28.0 Å². The normalized spacial score (nSPS) is 14.0. The fourth-order valence-electron chi connectivity index (χ4n) is 4.91. The standard InChI is InChI=1S/C27H17N9O7/c28-12-22-24(33-26(37)19-6-1-2-7-20(19)27(38)34(33)25(22)29)21-11-18(36(41)42)8-9-23(21)43-14-15-13-32(31-30-15)16-4-3-5-17(10-16)35(39)40/h1-11,13,24H,14,29H2. The largest absolute Gasteiger partial charge is 0.487 e. The van der Waals surface area contributed by atoms with E-state index in [4.69, 9.17) is 10.5 Å². The summed E-state index contributed by atoms with van der Waals surface area (Å²) in [7, 11) is 0. The van der Waals surface area contributed by atoms with Crippen LogP contribution in [0.1, 0.15) is 17.3 Å². The van der Waals surface area contributed by atoms with Gasteiger partial charge in [0.1, 0.15) is 41.6 Å². The van der Waals surface area contributed by atoms with Gasteiger partial charge in [0.05, 0.1) is 32.5 Å². The maximum Gasteiger partial charge on any atom is 0.279 e. The highest BCUT2D eigenvalue weighted by molar-refractivity contribution is 5.82. The van der Waals surface area contributed by atoms with Crippen LogP contribution in [0.4, 0.5) is 11.4 Å². The van der Waals surface area contributed by atoms with Crippen LogP contribution >= 0.6 is 0 Å². The number of nitriles is 1. The Bertz CT molecular complexity index is 2190. The molecule has 1 unspecified atom stereocenters. The summed E-state index contributed by atoms with van der Waals surface area (Å²) in [6.45, 7) is -0.215. The van der Waals surface area contributed by atoms with Gasteiger partial charge in [0.25, 0.3) is 22.5 Å². The molecule has 6 rings (SSSR count). The summed E-state index contributed by atoms with van der Waals surface area (Å²) in [5.74, 6) is -0.250. The van der Waals surface area contributed by atoms with Gasteiger partial charge in [-0.3, -0.25) is 29.8 Å². The van der Waals surface area contributed by atoms with Crippen molar-refractivity contribution in [3.05, 3.63) is 131 Å². The predicted molar refractivity (Wildman–Crippen MR) is 149 cm³/mol. The predicted octanol–water partition coefficient (Wildman–Crippen LogP) is 2.39. The highest BCUT2D eigenvalue weighted by Gasteiger charge is 2.37. The second-order valence-corrected chi connectivity index (χ2v) is 9.32. The van der Waals surface area contributed by atoms with Gasteiger partial charge in [-0.2, -0.15) is 9.94 Å². The summed E-state index contributed by atoms with van der Waals surface area (Å²) < 4.78 is 9.15. The fourth-order valence-corrected chi connectivity index (χ4v) is 4.91. The first-order valence-electron chi connectivity index (χ1n) is 12.4. The number of nitrogens with two attached hydrogens (primary N) is 1. The molecule has 2 N–H and O–H groups in total. The first kappa shape index (κ1) is 26.6. The summed E-state index contributed by atoms with van der Waals surface area (Å²) >= 11 is 0. The average Bonchev–Trinajstić information content (AvgIpc) is 3.61. The maximum atomic E-state index is 13.7. The van der Waals surface area contributed by atoms with Gasteiger partial charge in [0, 0.05) is 29.8 Å². The molecule has 16 heteroatoms. The first-order valence-corrected chi connectivity index (χ1v) is 12.4. The highest BCUT2D eigenvalue weighted by atomic mass is 16.6. The maximum absolute atomic E-state index is 13.7. The van der Waals surface area contributed by atoms with Gasteiger partial charge in [-0.25, -0.2) is 9.36 Å². The second kappa shape index (κ2) is 10.1. The molecule has 0 radical (unpaired) electrons. The van der Waals surface area contributed by atoms with E-state index in [-0.39, 0.29) is 57.2 Å². The van der Waals surface area contributed by atoms with E-state index < -0.39 is 27.0 Å². The van der Waals surface area contributed by atoms with E-state index in [0.29, 0.717) is 5.69 Å². The van der Waals surface area contributed by atoms with E-state index in [1.54, 1.807) is 18.2 Å². The van der Waals surface area contributed by atoms with Crippen LogP contribution in [-0.4, -0.2) is 34.2 Å². The van der Waals surface area contributed by atoms with Crippen molar-refractivity contribution in [2.75, 3.05) is 0 Å². The van der Waals surface area contributed by atoms with E-state index in [2.05, 4.69) is 10.3 Å². The Morgan fingerprint density at radius 3 is 2.35 bits per heavy atom. The Morgan fingerprint density at radius 1 is 0.953 bits per heavy atom. The third kappa shape index (κ3) is 4.33. The lowest BCUT2D eigenvalue weighted by atomic mass is 9.98. The van der Waals surface area contributed by atoms with Crippen LogP contribution in [0.3, 0.4) is 0 Å². The van der Waals surface area contributed by atoms with Crippen molar-refractivity contribution in [2.24, 2.45) is 5.73 Å². The van der Waals surface area contributed by atoms with E-state index in [1.165, 1.54) is 53.3 Å². The molecular formula is C27H17N9O7. The molecule has 16 nitrogen and oxygen atoms in total. The zero-order valence-electron chi connectivity index (χ0n) is 21.7. The molecular weight excluding hydrogens is 562 g/mol. The zero-order chi connectivity index (χ0) is 30.4. The van der Waals surface area contributed by atoms with Crippen LogP contribution in [0, 0.1) is 31.6 Å². The Labute approximate surface area is 239 Å². The average molecular weight is 579 g/mol. The molecule has 1 aliphatic rings. The Morgan fingerprint density at radius 2 is 1.65 bits per heavy atom. The molecule has 0 amide bonds. The number of nitrogens with zero attached hydrogens (tertiary/aromatic N) is 8. The molecule has 0 spiro atoms. The summed E-state index contributed by atoms with van der Waals surface area (Å²) in [5, 5.41) is 41.0. The van der Waals surface area contributed by atoms with Crippen LogP contribution in [0.2, 0.25) is 0 Å². The number of nitro groups is 2. The number of aromatic nitrogens is 5. The lowest BCUT2D eigenvalue weighted by Gasteiger charge is -2.19. The Kier molecular flexibility index (Phi) is 6.23. The zero-order valence-corrected chi connectivity index (χ0v) is 21.7. The van der Waals surface area contributed by atoms with Gasteiger partial charge in [-0.15, -0.1) is 5.10 Å². The van der Waals surface area contributed by atoms with Crippen LogP contribution < -0.4 is 21.6 Å². The number of rotatable bonds is 7.